The normalized spacial score (nSPS) is 10.6. The van der Waals surface area contributed by atoms with E-state index in [1.54, 1.807) is 12.1 Å². The smallest absolute Gasteiger partial charge is 0.115 e. The Morgan fingerprint density at radius 1 is 1.12 bits per heavy atom. The molecule has 3 heteroatoms. The summed E-state index contributed by atoms with van der Waals surface area (Å²) in [6.07, 6.45) is 0.991. The Balaban J connectivity index is 1.71. The number of rotatable bonds is 5. The van der Waals surface area contributed by atoms with E-state index in [1.807, 2.05) is 23.5 Å². The molecule has 2 nitrogen and oxygen atoms in total. The molecule has 2 aromatic rings. The van der Waals surface area contributed by atoms with E-state index in [0.717, 1.165) is 19.5 Å². The van der Waals surface area contributed by atoms with Crippen molar-refractivity contribution < 1.29 is 5.11 Å². The molecule has 2 N–H and O–H groups in total. The predicted octanol–water partition coefficient (Wildman–Crippen LogP) is 3.09. The van der Waals surface area contributed by atoms with Crippen molar-refractivity contribution in [2.75, 3.05) is 6.54 Å². The Labute approximate surface area is 106 Å². The average molecular weight is 247 g/mol. The Morgan fingerprint density at radius 2 is 1.88 bits per heavy atom. The number of hydrogen-bond acceptors (Lipinski definition) is 3. The first kappa shape index (κ1) is 12.1. The lowest BCUT2D eigenvalue weighted by Gasteiger charge is -2.03. The van der Waals surface area contributed by atoms with Gasteiger partial charge in [-0.15, -0.1) is 11.3 Å². The first-order chi connectivity index (χ1) is 8.24. The van der Waals surface area contributed by atoms with Crippen LogP contribution in [0.5, 0.6) is 5.75 Å². The topological polar surface area (TPSA) is 32.3 Å². The van der Waals surface area contributed by atoms with Crippen molar-refractivity contribution in [1.82, 2.24) is 5.32 Å². The minimum atomic E-state index is 0.329. The average Bonchev–Trinajstić information content (AvgIpc) is 2.73. The van der Waals surface area contributed by atoms with Gasteiger partial charge in [-0.2, -0.15) is 0 Å². The van der Waals surface area contributed by atoms with E-state index in [1.165, 1.54) is 15.3 Å². The highest BCUT2D eigenvalue weighted by atomic mass is 32.1. The Morgan fingerprint density at radius 3 is 2.53 bits per heavy atom. The van der Waals surface area contributed by atoms with Crippen LogP contribution in [0.15, 0.2) is 36.4 Å². The fraction of sp³-hybridized carbons (Fsp3) is 0.286. The van der Waals surface area contributed by atoms with Gasteiger partial charge in [0, 0.05) is 16.3 Å². The maximum Gasteiger partial charge on any atom is 0.115 e. The second-order valence-corrected chi connectivity index (χ2v) is 5.48. The van der Waals surface area contributed by atoms with Crippen molar-refractivity contribution >= 4 is 11.3 Å². The third-order valence-corrected chi connectivity index (χ3v) is 3.62. The summed E-state index contributed by atoms with van der Waals surface area (Å²) in [7, 11) is 0. The zero-order valence-electron chi connectivity index (χ0n) is 9.94. The summed E-state index contributed by atoms with van der Waals surface area (Å²) in [4.78, 5) is 2.74. The summed E-state index contributed by atoms with van der Waals surface area (Å²) < 4.78 is 0. The van der Waals surface area contributed by atoms with Gasteiger partial charge in [0.15, 0.2) is 0 Å². The van der Waals surface area contributed by atoms with Gasteiger partial charge in [-0.05, 0) is 49.7 Å². The number of hydrogen-bond donors (Lipinski definition) is 2. The lowest BCUT2D eigenvalue weighted by molar-refractivity contribution is 0.475. The molecule has 0 aliphatic heterocycles. The van der Waals surface area contributed by atoms with Gasteiger partial charge in [-0.1, -0.05) is 12.1 Å². The van der Waals surface area contributed by atoms with Crippen molar-refractivity contribution in [1.29, 1.82) is 0 Å². The molecule has 0 amide bonds. The van der Waals surface area contributed by atoms with Crippen LogP contribution in [0.1, 0.15) is 15.3 Å². The Hall–Kier alpha value is -1.32. The SMILES string of the molecule is Cc1ccc(CNCCc2ccc(O)cc2)s1. The number of nitrogens with one attached hydrogen (secondary N) is 1. The summed E-state index contributed by atoms with van der Waals surface area (Å²) in [5, 5.41) is 12.6. The van der Waals surface area contributed by atoms with E-state index >= 15 is 0 Å². The monoisotopic (exact) mass is 247 g/mol. The van der Waals surface area contributed by atoms with Crippen LogP contribution in [-0.2, 0) is 13.0 Å². The number of benzene rings is 1. The maximum absolute atomic E-state index is 9.17. The van der Waals surface area contributed by atoms with Gasteiger partial charge >= 0.3 is 0 Å². The second kappa shape index (κ2) is 5.84. The molecule has 0 spiro atoms. The Bertz CT molecular complexity index is 461. The molecule has 0 aliphatic rings. The lowest BCUT2D eigenvalue weighted by Crippen LogP contribution is -2.15. The molecule has 0 fully saturated rings. The zero-order chi connectivity index (χ0) is 12.1. The van der Waals surface area contributed by atoms with Crippen LogP contribution < -0.4 is 5.32 Å². The van der Waals surface area contributed by atoms with Crippen LogP contribution in [0.4, 0.5) is 0 Å². The third-order valence-electron chi connectivity index (χ3n) is 2.62. The van der Waals surface area contributed by atoms with Crippen molar-refractivity contribution in [3.63, 3.8) is 0 Å². The molecule has 0 radical (unpaired) electrons. The highest BCUT2D eigenvalue weighted by Gasteiger charge is 1.97. The van der Waals surface area contributed by atoms with Gasteiger partial charge in [0.25, 0.3) is 0 Å². The highest BCUT2D eigenvalue weighted by Crippen LogP contribution is 2.14. The number of aryl methyl sites for hydroxylation is 1. The van der Waals surface area contributed by atoms with Crippen molar-refractivity contribution in [2.24, 2.45) is 0 Å². The van der Waals surface area contributed by atoms with E-state index in [-0.39, 0.29) is 0 Å². The van der Waals surface area contributed by atoms with Crippen LogP contribution in [0.3, 0.4) is 0 Å². The van der Waals surface area contributed by atoms with Crippen LogP contribution in [0.2, 0.25) is 0 Å². The summed E-state index contributed by atoms with van der Waals surface area (Å²) in [5.74, 6) is 0.329. The molecule has 0 saturated carbocycles. The number of phenolic OH excluding ortho intramolecular Hbond substituents is 1. The van der Waals surface area contributed by atoms with E-state index in [0.29, 0.717) is 5.75 Å². The van der Waals surface area contributed by atoms with Crippen molar-refractivity contribution in [3.8, 4) is 5.75 Å². The van der Waals surface area contributed by atoms with Gasteiger partial charge < -0.3 is 10.4 Å². The van der Waals surface area contributed by atoms with E-state index in [4.69, 9.17) is 5.11 Å². The van der Waals surface area contributed by atoms with E-state index in [9.17, 15) is 0 Å². The van der Waals surface area contributed by atoms with Gasteiger partial charge in [0.05, 0.1) is 0 Å². The van der Waals surface area contributed by atoms with Crippen LogP contribution in [-0.4, -0.2) is 11.7 Å². The minimum absolute atomic E-state index is 0.329. The molecular weight excluding hydrogens is 230 g/mol. The van der Waals surface area contributed by atoms with Crippen LogP contribution in [0, 0.1) is 6.92 Å². The fourth-order valence-corrected chi connectivity index (χ4v) is 2.55. The van der Waals surface area contributed by atoms with Crippen molar-refractivity contribution in [3.05, 3.63) is 51.7 Å². The summed E-state index contributed by atoms with van der Waals surface area (Å²) >= 11 is 1.84. The third kappa shape index (κ3) is 3.88. The molecule has 90 valence electrons. The molecular formula is C14H17NOS. The standard InChI is InChI=1S/C14H17NOS/c1-11-2-7-14(17-11)10-15-9-8-12-3-5-13(16)6-4-12/h2-7,15-16H,8-10H2,1H3. The largest absolute Gasteiger partial charge is 0.508 e. The molecule has 1 heterocycles. The Kier molecular flexibility index (Phi) is 4.18. The molecule has 0 bridgehead atoms. The molecule has 0 atom stereocenters. The first-order valence-electron chi connectivity index (χ1n) is 5.78. The number of phenols is 1. The molecule has 1 aromatic heterocycles. The van der Waals surface area contributed by atoms with Gasteiger partial charge in [-0.3, -0.25) is 0 Å². The van der Waals surface area contributed by atoms with Gasteiger partial charge in [-0.25, -0.2) is 0 Å². The lowest BCUT2D eigenvalue weighted by atomic mass is 10.1. The molecule has 17 heavy (non-hydrogen) atoms. The molecule has 0 unspecified atom stereocenters. The van der Waals surface area contributed by atoms with E-state index < -0.39 is 0 Å². The summed E-state index contributed by atoms with van der Waals surface area (Å²) in [5.41, 5.74) is 1.25. The van der Waals surface area contributed by atoms with Crippen LogP contribution >= 0.6 is 11.3 Å². The van der Waals surface area contributed by atoms with E-state index in [2.05, 4.69) is 24.4 Å². The first-order valence-corrected chi connectivity index (χ1v) is 6.59. The molecule has 0 saturated heterocycles. The predicted molar refractivity (Wildman–Crippen MR) is 72.6 cm³/mol. The molecule has 0 aliphatic carbocycles. The van der Waals surface area contributed by atoms with Crippen LogP contribution in [0.25, 0.3) is 0 Å². The number of thiophene rings is 1. The minimum Gasteiger partial charge on any atom is -0.508 e. The second-order valence-electron chi connectivity index (χ2n) is 4.11. The van der Waals surface area contributed by atoms with Crippen molar-refractivity contribution in [2.45, 2.75) is 19.9 Å². The fourth-order valence-electron chi connectivity index (χ4n) is 1.69. The summed E-state index contributed by atoms with van der Waals surface area (Å²) in [6, 6.07) is 11.7. The zero-order valence-corrected chi connectivity index (χ0v) is 10.8. The molecule has 2 rings (SSSR count). The van der Waals surface area contributed by atoms with Gasteiger partial charge in [0.2, 0.25) is 0 Å². The molecule has 1 aromatic carbocycles. The summed E-state index contributed by atoms with van der Waals surface area (Å²) in [6.45, 7) is 4.03. The maximum atomic E-state index is 9.17. The highest BCUT2D eigenvalue weighted by molar-refractivity contribution is 7.11. The number of aromatic hydroxyl groups is 1. The van der Waals surface area contributed by atoms with Gasteiger partial charge in [0.1, 0.15) is 5.75 Å². The quantitative estimate of drug-likeness (QED) is 0.796.